The van der Waals surface area contributed by atoms with Crippen molar-refractivity contribution in [1.82, 2.24) is 5.43 Å². The molecule has 0 saturated heterocycles. The lowest BCUT2D eigenvalue weighted by molar-refractivity contribution is -0.127. The van der Waals surface area contributed by atoms with Crippen molar-refractivity contribution < 1.29 is 14.3 Å². The third-order valence-corrected chi connectivity index (χ3v) is 4.07. The molecule has 0 bridgehead atoms. The van der Waals surface area contributed by atoms with E-state index in [0.29, 0.717) is 17.0 Å². The van der Waals surface area contributed by atoms with E-state index < -0.39 is 12.0 Å². The fourth-order valence-electron chi connectivity index (χ4n) is 2.40. The molecule has 2 aromatic rings. The molecule has 7 heteroatoms. The Balaban J connectivity index is 1.97. The Kier molecular flexibility index (Phi) is 4.31. The average molecular weight is 376 g/mol. The molecule has 0 fully saturated rings. The molecule has 1 heterocycles. The minimum Gasteiger partial charge on any atom is -0.476 e. The SMILES string of the molecule is NNC(=O)C1CN(C(=O)c2ccc(Br)cc2)c2ccccc2O1. The maximum atomic E-state index is 12.8. The van der Waals surface area contributed by atoms with E-state index in [1.54, 1.807) is 42.5 Å². The van der Waals surface area contributed by atoms with Gasteiger partial charge in [-0.05, 0) is 36.4 Å². The normalized spacial score (nSPS) is 16.3. The lowest BCUT2D eigenvalue weighted by Crippen LogP contribution is -2.52. The van der Waals surface area contributed by atoms with Crippen molar-refractivity contribution in [2.75, 3.05) is 11.4 Å². The molecule has 0 radical (unpaired) electrons. The van der Waals surface area contributed by atoms with Gasteiger partial charge in [0.05, 0.1) is 12.2 Å². The number of amides is 2. The van der Waals surface area contributed by atoms with Crippen molar-refractivity contribution in [3.05, 3.63) is 58.6 Å². The highest BCUT2D eigenvalue weighted by Crippen LogP contribution is 2.34. The highest BCUT2D eigenvalue weighted by molar-refractivity contribution is 9.10. The van der Waals surface area contributed by atoms with Crippen LogP contribution in [-0.2, 0) is 4.79 Å². The van der Waals surface area contributed by atoms with Gasteiger partial charge >= 0.3 is 0 Å². The summed E-state index contributed by atoms with van der Waals surface area (Å²) in [5.74, 6) is 4.97. The molecule has 0 spiro atoms. The van der Waals surface area contributed by atoms with Gasteiger partial charge in [-0.3, -0.25) is 15.0 Å². The van der Waals surface area contributed by atoms with E-state index >= 15 is 0 Å². The standard InChI is InChI=1S/C16H14BrN3O3/c17-11-7-5-10(6-8-11)16(22)20-9-14(15(21)19-18)23-13-4-2-1-3-12(13)20/h1-8,14H,9,18H2,(H,19,21). The first kappa shape index (κ1) is 15.5. The van der Waals surface area contributed by atoms with Gasteiger partial charge in [0.2, 0.25) is 0 Å². The summed E-state index contributed by atoms with van der Waals surface area (Å²) in [6.07, 6.45) is -0.853. The maximum absolute atomic E-state index is 12.8. The number of anilines is 1. The largest absolute Gasteiger partial charge is 0.476 e. The zero-order valence-corrected chi connectivity index (χ0v) is 13.6. The Hall–Kier alpha value is -2.38. The smallest absolute Gasteiger partial charge is 0.276 e. The molecule has 0 aromatic heterocycles. The van der Waals surface area contributed by atoms with Gasteiger partial charge in [-0.1, -0.05) is 28.1 Å². The second-order valence-corrected chi connectivity index (χ2v) is 5.92. The number of halogens is 1. The van der Waals surface area contributed by atoms with Crippen LogP contribution in [0.1, 0.15) is 10.4 Å². The van der Waals surface area contributed by atoms with E-state index in [1.165, 1.54) is 4.90 Å². The first-order valence-corrected chi connectivity index (χ1v) is 7.73. The van der Waals surface area contributed by atoms with E-state index in [4.69, 9.17) is 10.6 Å². The number of carbonyl (C=O) groups is 2. The molecule has 2 amide bonds. The maximum Gasteiger partial charge on any atom is 0.276 e. The van der Waals surface area contributed by atoms with Crippen LogP contribution in [0.4, 0.5) is 5.69 Å². The van der Waals surface area contributed by atoms with Gasteiger partial charge in [-0.25, -0.2) is 5.84 Å². The molecule has 6 nitrogen and oxygen atoms in total. The number of hydrogen-bond donors (Lipinski definition) is 2. The van der Waals surface area contributed by atoms with Crippen LogP contribution in [0.3, 0.4) is 0 Å². The van der Waals surface area contributed by atoms with Crippen LogP contribution in [0, 0.1) is 0 Å². The Morgan fingerprint density at radius 3 is 2.57 bits per heavy atom. The van der Waals surface area contributed by atoms with Gasteiger partial charge in [-0.2, -0.15) is 0 Å². The zero-order valence-electron chi connectivity index (χ0n) is 12.0. The van der Waals surface area contributed by atoms with Crippen LogP contribution in [-0.4, -0.2) is 24.5 Å². The minimum atomic E-state index is -0.853. The molecule has 1 aliphatic rings. The van der Waals surface area contributed by atoms with Gasteiger partial charge in [-0.15, -0.1) is 0 Å². The molecule has 23 heavy (non-hydrogen) atoms. The fraction of sp³-hybridized carbons (Fsp3) is 0.125. The van der Waals surface area contributed by atoms with Crippen molar-refractivity contribution in [1.29, 1.82) is 0 Å². The van der Waals surface area contributed by atoms with Crippen molar-refractivity contribution in [3.8, 4) is 5.75 Å². The summed E-state index contributed by atoms with van der Waals surface area (Å²) in [5.41, 5.74) is 3.22. The highest BCUT2D eigenvalue weighted by atomic mass is 79.9. The number of nitrogens with one attached hydrogen (secondary N) is 1. The topological polar surface area (TPSA) is 84.7 Å². The second kappa shape index (κ2) is 6.39. The van der Waals surface area contributed by atoms with Crippen LogP contribution in [0.15, 0.2) is 53.0 Å². The number of fused-ring (bicyclic) bond motifs is 1. The highest BCUT2D eigenvalue weighted by Gasteiger charge is 2.33. The molecule has 2 aromatic carbocycles. The van der Waals surface area contributed by atoms with E-state index in [0.717, 1.165) is 4.47 Å². The molecule has 1 aliphatic heterocycles. The molecular weight excluding hydrogens is 362 g/mol. The Bertz CT molecular complexity index is 748. The first-order chi connectivity index (χ1) is 11.1. The third-order valence-electron chi connectivity index (χ3n) is 3.54. The monoisotopic (exact) mass is 375 g/mol. The van der Waals surface area contributed by atoms with Crippen molar-refractivity contribution in [2.24, 2.45) is 5.84 Å². The van der Waals surface area contributed by atoms with Crippen LogP contribution in [0.2, 0.25) is 0 Å². The van der Waals surface area contributed by atoms with Crippen molar-refractivity contribution in [3.63, 3.8) is 0 Å². The number of hydrogen-bond acceptors (Lipinski definition) is 4. The van der Waals surface area contributed by atoms with Gasteiger partial charge in [0.25, 0.3) is 11.8 Å². The molecule has 0 saturated carbocycles. The number of hydrazine groups is 1. The Morgan fingerprint density at radius 2 is 1.87 bits per heavy atom. The third kappa shape index (κ3) is 3.06. The summed E-state index contributed by atoms with van der Waals surface area (Å²) in [5, 5.41) is 0. The summed E-state index contributed by atoms with van der Waals surface area (Å²) >= 11 is 3.34. The van der Waals surface area contributed by atoms with Gasteiger partial charge in [0.15, 0.2) is 6.10 Å². The predicted octanol–water partition coefficient (Wildman–Crippen LogP) is 1.85. The number of rotatable bonds is 2. The van der Waals surface area contributed by atoms with E-state index in [2.05, 4.69) is 21.4 Å². The number of para-hydroxylation sites is 2. The number of nitrogens with two attached hydrogens (primary N) is 1. The Morgan fingerprint density at radius 1 is 1.17 bits per heavy atom. The number of ether oxygens (including phenoxy) is 1. The Labute approximate surface area is 141 Å². The first-order valence-electron chi connectivity index (χ1n) is 6.93. The van der Waals surface area contributed by atoms with Crippen LogP contribution >= 0.6 is 15.9 Å². The molecule has 1 atom stereocenters. The molecule has 3 N–H and O–H groups in total. The van der Waals surface area contributed by atoms with Gasteiger partial charge in [0.1, 0.15) is 5.75 Å². The summed E-state index contributed by atoms with van der Waals surface area (Å²) < 4.78 is 6.51. The zero-order chi connectivity index (χ0) is 16.4. The summed E-state index contributed by atoms with van der Waals surface area (Å²) in [6.45, 7) is 0.0922. The molecular formula is C16H14BrN3O3. The summed E-state index contributed by atoms with van der Waals surface area (Å²) in [6, 6.07) is 14.1. The minimum absolute atomic E-state index is 0.0922. The van der Waals surface area contributed by atoms with Crippen LogP contribution in [0.25, 0.3) is 0 Å². The van der Waals surface area contributed by atoms with E-state index in [-0.39, 0.29) is 12.5 Å². The van der Waals surface area contributed by atoms with Gasteiger partial charge < -0.3 is 9.64 Å². The average Bonchev–Trinajstić information content (AvgIpc) is 2.60. The van der Waals surface area contributed by atoms with E-state index in [9.17, 15) is 9.59 Å². The van der Waals surface area contributed by atoms with Gasteiger partial charge in [0, 0.05) is 10.0 Å². The van der Waals surface area contributed by atoms with E-state index in [1.807, 2.05) is 6.07 Å². The molecule has 0 aliphatic carbocycles. The van der Waals surface area contributed by atoms with Crippen LogP contribution in [0.5, 0.6) is 5.75 Å². The quantitative estimate of drug-likeness (QED) is 0.476. The number of benzene rings is 2. The molecule has 1 unspecified atom stereocenters. The van der Waals surface area contributed by atoms with Crippen LogP contribution < -0.4 is 20.9 Å². The predicted molar refractivity (Wildman–Crippen MR) is 89.0 cm³/mol. The summed E-state index contributed by atoms with van der Waals surface area (Å²) in [7, 11) is 0. The van der Waals surface area contributed by atoms with Crippen molar-refractivity contribution >= 4 is 33.4 Å². The fourth-order valence-corrected chi connectivity index (χ4v) is 2.67. The molecule has 3 rings (SSSR count). The number of nitrogens with zero attached hydrogens (tertiary/aromatic N) is 1. The lowest BCUT2D eigenvalue weighted by atomic mass is 10.1. The summed E-state index contributed by atoms with van der Waals surface area (Å²) in [4.78, 5) is 26.2. The van der Waals surface area contributed by atoms with Crippen molar-refractivity contribution in [2.45, 2.75) is 6.10 Å². The lowest BCUT2D eigenvalue weighted by Gasteiger charge is -2.34. The molecule has 118 valence electrons. The second-order valence-electron chi connectivity index (χ2n) is 5.01. The number of carbonyl (C=O) groups excluding carboxylic acids is 2.